The first-order valence-electron chi connectivity index (χ1n) is 1.36. The van der Waals surface area contributed by atoms with E-state index in [9.17, 15) is 0 Å². The minimum atomic E-state index is 0. The summed E-state index contributed by atoms with van der Waals surface area (Å²) < 4.78 is 1.75. The van der Waals surface area contributed by atoms with E-state index < -0.39 is 0 Å². The summed E-state index contributed by atoms with van der Waals surface area (Å²) in [7, 11) is 0. The van der Waals surface area contributed by atoms with E-state index in [0.29, 0.717) is 0 Å². The van der Waals surface area contributed by atoms with Gasteiger partial charge in [-0.05, 0) is 0 Å². The van der Waals surface area contributed by atoms with Crippen molar-refractivity contribution < 1.29 is 0 Å². The first kappa shape index (κ1) is 10.4. The predicted octanol–water partition coefficient (Wildman–Crippen LogP) is 2.51. The summed E-state index contributed by atoms with van der Waals surface area (Å²) in [6, 6.07) is 0. The van der Waals surface area contributed by atoms with E-state index in [0.717, 1.165) is 6.54 Å². The molecule has 0 bridgehead atoms. The number of halogens is 3. The second-order valence-corrected chi connectivity index (χ2v) is 3.28. The molecule has 0 aliphatic heterocycles. The first-order chi connectivity index (χ1) is 2.27. The van der Waals surface area contributed by atoms with Crippen LogP contribution in [0.2, 0.25) is 0 Å². The zero-order valence-electron chi connectivity index (χ0n) is 3.32. The molecule has 0 atom stereocenters. The monoisotopic (exact) mass is 281 g/mol. The van der Waals surface area contributed by atoms with E-state index in [2.05, 4.69) is 32.3 Å². The zero-order chi connectivity index (χ0) is 4.28. The molecule has 0 rings (SSSR count). The van der Waals surface area contributed by atoms with Gasteiger partial charge in [0.2, 0.25) is 0 Å². The van der Waals surface area contributed by atoms with Gasteiger partial charge in [-0.1, -0.05) is 6.92 Å². The van der Waals surface area contributed by atoms with E-state index in [1.807, 2.05) is 6.92 Å². The molecule has 0 radical (unpaired) electrons. The highest BCUT2D eigenvalue weighted by molar-refractivity contribution is 9.21. The molecule has 0 aromatic heterocycles. The summed E-state index contributed by atoms with van der Waals surface area (Å²) in [6.07, 6.45) is 0. The fourth-order valence-electron chi connectivity index (χ4n) is 0. The summed E-state index contributed by atoms with van der Waals surface area (Å²) >= 11 is 6.25. The molecule has 6 heavy (non-hydrogen) atoms. The molecule has 0 amide bonds. The maximum absolute atomic E-state index is 3.12. The van der Waals surface area contributed by atoms with E-state index in [1.54, 1.807) is 2.95 Å². The third-order valence-corrected chi connectivity index (χ3v) is 1.24. The lowest BCUT2D eigenvalue weighted by Gasteiger charge is -1.92. The van der Waals surface area contributed by atoms with Crippen LogP contribution in [0, 0.1) is 0 Å². The van der Waals surface area contributed by atoms with E-state index in [1.165, 1.54) is 0 Å². The van der Waals surface area contributed by atoms with Crippen molar-refractivity contribution in [2.75, 3.05) is 6.54 Å². The van der Waals surface area contributed by atoms with Crippen molar-refractivity contribution in [1.82, 2.24) is 2.95 Å². The molecule has 0 aliphatic rings. The lowest BCUT2D eigenvalue weighted by molar-refractivity contribution is 0.835. The smallest absolute Gasteiger partial charge is 0.0239 e. The van der Waals surface area contributed by atoms with Gasteiger partial charge in [-0.2, -0.15) is 2.95 Å². The predicted molar refractivity (Wildman–Crippen MR) is 40.6 cm³/mol. The highest BCUT2D eigenvalue weighted by Crippen LogP contribution is 2.01. The maximum Gasteiger partial charge on any atom is 0.0239 e. The van der Waals surface area contributed by atoms with Crippen molar-refractivity contribution in [3.8, 4) is 0 Å². The van der Waals surface area contributed by atoms with Crippen molar-refractivity contribution >= 4 is 49.3 Å². The van der Waals surface area contributed by atoms with E-state index in [4.69, 9.17) is 0 Å². The van der Waals surface area contributed by atoms with Gasteiger partial charge >= 0.3 is 0 Å². The fraction of sp³-hybridized carbons (Fsp3) is 1.00. The Kier molecular flexibility index (Phi) is 11.1. The number of nitrogens with zero attached hydrogens (tertiary/aromatic N) is 1. The topological polar surface area (TPSA) is 3.24 Å². The SMILES string of the molecule is Br.CCN(Br)Br. The summed E-state index contributed by atoms with van der Waals surface area (Å²) in [5.74, 6) is 0. The van der Waals surface area contributed by atoms with Crippen LogP contribution in [-0.4, -0.2) is 9.50 Å². The minimum Gasteiger partial charge on any atom is -0.178 e. The van der Waals surface area contributed by atoms with Crippen LogP contribution in [-0.2, 0) is 0 Å². The Labute approximate surface area is 65.5 Å². The van der Waals surface area contributed by atoms with Gasteiger partial charge in [-0.25, -0.2) is 0 Å². The lowest BCUT2D eigenvalue weighted by atomic mass is 10.8. The van der Waals surface area contributed by atoms with Gasteiger partial charge in [0.25, 0.3) is 0 Å². The third kappa shape index (κ3) is 9.04. The third-order valence-electron chi connectivity index (χ3n) is 0.239. The second kappa shape index (κ2) is 6.40. The van der Waals surface area contributed by atoms with Crippen LogP contribution in [0.3, 0.4) is 0 Å². The largest absolute Gasteiger partial charge is 0.178 e. The number of hydrogen-bond donors (Lipinski definition) is 0. The summed E-state index contributed by atoms with van der Waals surface area (Å²) in [6.45, 7) is 3.00. The number of rotatable bonds is 1. The maximum atomic E-state index is 3.12. The molecule has 40 valence electrons. The van der Waals surface area contributed by atoms with Gasteiger partial charge in [-0.3, -0.25) is 0 Å². The Hall–Kier alpha value is 1.40. The van der Waals surface area contributed by atoms with E-state index in [-0.39, 0.29) is 17.0 Å². The van der Waals surface area contributed by atoms with Crippen LogP contribution in [0.25, 0.3) is 0 Å². The molecule has 4 heteroatoms. The molecule has 0 heterocycles. The molecule has 1 nitrogen and oxygen atoms in total. The Morgan fingerprint density at radius 3 is 1.67 bits per heavy atom. The summed E-state index contributed by atoms with van der Waals surface area (Å²) in [5, 5.41) is 0. The van der Waals surface area contributed by atoms with Crippen molar-refractivity contribution in [1.29, 1.82) is 0 Å². The van der Waals surface area contributed by atoms with Crippen LogP contribution < -0.4 is 0 Å². The quantitative estimate of drug-likeness (QED) is 0.669. The Morgan fingerprint density at radius 2 is 1.67 bits per heavy atom. The average molecular weight is 284 g/mol. The van der Waals surface area contributed by atoms with Crippen LogP contribution in [0.1, 0.15) is 6.92 Å². The second-order valence-electron chi connectivity index (χ2n) is 0.619. The van der Waals surface area contributed by atoms with Gasteiger partial charge in [0.05, 0.1) is 0 Å². The van der Waals surface area contributed by atoms with Crippen LogP contribution >= 0.6 is 49.3 Å². The Balaban J connectivity index is 0. The molecular weight excluding hydrogens is 278 g/mol. The lowest BCUT2D eigenvalue weighted by Crippen LogP contribution is -1.89. The standard InChI is InChI=1S/C2H5Br2N.BrH/c1-2-5(3)4;/h2H2,1H3;1H. The molecular formula is C2H6Br3N. The highest BCUT2D eigenvalue weighted by atomic mass is 79.9. The van der Waals surface area contributed by atoms with Crippen molar-refractivity contribution in [3.05, 3.63) is 0 Å². The molecule has 0 aromatic rings. The molecule has 0 N–H and O–H groups in total. The van der Waals surface area contributed by atoms with Crippen LogP contribution in [0.5, 0.6) is 0 Å². The van der Waals surface area contributed by atoms with Crippen LogP contribution in [0.4, 0.5) is 0 Å². The minimum absolute atomic E-state index is 0. The van der Waals surface area contributed by atoms with Gasteiger partial charge in [0.15, 0.2) is 0 Å². The molecule has 0 unspecified atom stereocenters. The summed E-state index contributed by atoms with van der Waals surface area (Å²) in [4.78, 5) is 0. The van der Waals surface area contributed by atoms with Crippen molar-refractivity contribution in [2.24, 2.45) is 0 Å². The normalized spacial score (nSPS) is 8.00. The van der Waals surface area contributed by atoms with Crippen LogP contribution in [0.15, 0.2) is 0 Å². The molecule has 0 fully saturated rings. The first-order valence-corrected chi connectivity index (χ1v) is 2.78. The molecule has 0 saturated carbocycles. The molecule has 0 spiro atoms. The van der Waals surface area contributed by atoms with Gasteiger partial charge in [0.1, 0.15) is 0 Å². The van der Waals surface area contributed by atoms with Crippen molar-refractivity contribution in [3.63, 3.8) is 0 Å². The Bertz CT molecular complexity index is 22.8. The highest BCUT2D eigenvalue weighted by Gasteiger charge is 1.78. The fourth-order valence-corrected chi connectivity index (χ4v) is 0. The van der Waals surface area contributed by atoms with Gasteiger partial charge in [-0.15, -0.1) is 17.0 Å². The molecule has 0 aromatic carbocycles. The van der Waals surface area contributed by atoms with Crippen molar-refractivity contribution in [2.45, 2.75) is 6.92 Å². The summed E-state index contributed by atoms with van der Waals surface area (Å²) in [5.41, 5.74) is 0. The average Bonchev–Trinajstić information content (AvgIpc) is 1.38. The zero-order valence-corrected chi connectivity index (χ0v) is 8.20. The van der Waals surface area contributed by atoms with Gasteiger partial charge < -0.3 is 0 Å². The molecule has 0 saturated heterocycles. The molecule has 0 aliphatic carbocycles. The van der Waals surface area contributed by atoms with Gasteiger partial charge in [0, 0.05) is 38.8 Å². The number of hydrogen-bond acceptors (Lipinski definition) is 1. The Morgan fingerprint density at radius 1 is 1.50 bits per heavy atom. The van der Waals surface area contributed by atoms with E-state index >= 15 is 0 Å².